The van der Waals surface area contributed by atoms with Gasteiger partial charge in [0.2, 0.25) is 0 Å². The van der Waals surface area contributed by atoms with Crippen molar-refractivity contribution in [3.63, 3.8) is 0 Å². The molecule has 0 amide bonds. The van der Waals surface area contributed by atoms with Gasteiger partial charge >= 0.3 is 5.97 Å². The summed E-state index contributed by atoms with van der Waals surface area (Å²) >= 11 is 1.66. The van der Waals surface area contributed by atoms with Crippen LogP contribution in [0.3, 0.4) is 0 Å². The second kappa shape index (κ2) is 4.53. The SMILES string of the molecule is CCC(c1cccs1)n1cccc1C(=O)O. The van der Waals surface area contributed by atoms with Crippen LogP contribution in [0.4, 0.5) is 0 Å². The average Bonchev–Trinajstić information content (AvgIpc) is 2.88. The molecule has 2 aromatic heterocycles. The lowest BCUT2D eigenvalue weighted by Crippen LogP contribution is -2.13. The van der Waals surface area contributed by atoms with Gasteiger partial charge in [0, 0.05) is 11.1 Å². The van der Waals surface area contributed by atoms with Crippen LogP contribution < -0.4 is 0 Å². The summed E-state index contributed by atoms with van der Waals surface area (Å²) in [4.78, 5) is 12.3. The molecule has 3 nitrogen and oxygen atoms in total. The Morgan fingerprint density at radius 1 is 1.50 bits per heavy atom. The zero-order chi connectivity index (χ0) is 11.5. The molecule has 1 atom stereocenters. The van der Waals surface area contributed by atoms with Crippen molar-refractivity contribution in [2.45, 2.75) is 19.4 Å². The fourth-order valence-corrected chi connectivity index (χ4v) is 2.77. The predicted molar refractivity (Wildman–Crippen MR) is 64.1 cm³/mol. The number of aromatic nitrogens is 1. The van der Waals surface area contributed by atoms with E-state index in [2.05, 4.69) is 6.92 Å². The third kappa shape index (κ3) is 1.88. The van der Waals surface area contributed by atoms with Crippen LogP contribution in [0.5, 0.6) is 0 Å². The lowest BCUT2D eigenvalue weighted by atomic mass is 10.2. The van der Waals surface area contributed by atoms with E-state index in [4.69, 9.17) is 5.11 Å². The van der Waals surface area contributed by atoms with Gasteiger partial charge in [-0.05, 0) is 30.0 Å². The predicted octanol–water partition coefficient (Wildman–Crippen LogP) is 3.25. The first-order valence-corrected chi connectivity index (χ1v) is 6.05. The number of nitrogens with zero attached hydrogens (tertiary/aromatic N) is 1. The topological polar surface area (TPSA) is 42.2 Å². The Kier molecular flexibility index (Phi) is 3.10. The summed E-state index contributed by atoms with van der Waals surface area (Å²) in [5, 5.41) is 11.1. The second-order valence-electron chi connectivity index (χ2n) is 3.55. The Morgan fingerprint density at radius 2 is 2.31 bits per heavy atom. The first-order valence-electron chi connectivity index (χ1n) is 5.17. The van der Waals surface area contributed by atoms with Crippen LogP contribution in [-0.4, -0.2) is 15.6 Å². The van der Waals surface area contributed by atoms with Gasteiger partial charge in [-0.1, -0.05) is 13.0 Å². The third-order valence-electron chi connectivity index (χ3n) is 2.59. The molecule has 2 heterocycles. The van der Waals surface area contributed by atoms with E-state index >= 15 is 0 Å². The zero-order valence-corrected chi connectivity index (χ0v) is 9.78. The summed E-state index contributed by atoms with van der Waals surface area (Å²) in [5.74, 6) is -0.875. The summed E-state index contributed by atoms with van der Waals surface area (Å²) in [6.07, 6.45) is 2.72. The van der Waals surface area contributed by atoms with Crippen LogP contribution >= 0.6 is 11.3 Å². The summed E-state index contributed by atoms with van der Waals surface area (Å²) in [6, 6.07) is 7.58. The molecule has 1 unspecified atom stereocenters. The van der Waals surface area contributed by atoms with Gasteiger partial charge in [0.05, 0.1) is 6.04 Å². The quantitative estimate of drug-likeness (QED) is 0.883. The highest BCUT2D eigenvalue weighted by Gasteiger charge is 2.17. The molecular formula is C12H13NO2S. The molecule has 0 aliphatic rings. The van der Waals surface area contributed by atoms with E-state index in [1.807, 2.05) is 28.3 Å². The molecule has 0 saturated carbocycles. The first-order chi connectivity index (χ1) is 7.74. The average molecular weight is 235 g/mol. The van der Waals surface area contributed by atoms with Gasteiger partial charge in [0.15, 0.2) is 0 Å². The normalized spacial score (nSPS) is 12.6. The van der Waals surface area contributed by atoms with E-state index in [1.165, 1.54) is 4.88 Å². The summed E-state index contributed by atoms with van der Waals surface area (Å²) in [7, 11) is 0. The Bertz CT molecular complexity index is 473. The molecule has 0 aliphatic carbocycles. The number of carbonyl (C=O) groups is 1. The van der Waals surface area contributed by atoms with E-state index in [1.54, 1.807) is 23.5 Å². The first kappa shape index (κ1) is 11.0. The van der Waals surface area contributed by atoms with E-state index in [-0.39, 0.29) is 6.04 Å². The van der Waals surface area contributed by atoms with Gasteiger partial charge in [0.25, 0.3) is 0 Å². The van der Waals surface area contributed by atoms with Gasteiger partial charge in [-0.25, -0.2) is 4.79 Å². The van der Waals surface area contributed by atoms with Crippen LogP contribution in [-0.2, 0) is 0 Å². The molecule has 0 bridgehead atoms. The number of hydrogen-bond donors (Lipinski definition) is 1. The number of hydrogen-bond acceptors (Lipinski definition) is 2. The van der Waals surface area contributed by atoms with Gasteiger partial charge in [-0.3, -0.25) is 0 Å². The molecule has 1 N–H and O–H groups in total. The number of carboxylic acid groups (broad SMARTS) is 1. The van der Waals surface area contributed by atoms with E-state index in [0.29, 0.717) is 5.69 Å². The minimum Gasteiger partial charge on any atom is -0.477 e. The Hall–Kier alpha value is -1.55. The standard InChI is InChI=1S/C12H13NO2S/c1-2-9(11-6-4-8-16-11)13-7-3-5-10(13)12(14)15/h3-9H,2H2,1H3,(H,14,15). The molecule has 4 heteroatoms. The van der Waals surface area contributed by atoms with Crippen molar-refractivity contribution in [1.82, 2.24) is 4.57 Å². The van der Waals surface area contributed by atoms with E-state index in [0.717, 1.165) is 6.42 Å². The van der Waals surface area contributed by atoms with E-state index < -0.39 is 5.97 Å². The lowest BCUT2D eigenvalue weighted by Gasteiger charge is -2.17. The number of aromatic carboxylic acids is 1. The number of thiophene rings is 1. The van der Waals surface area contributed by atoms with Crippen molar-refractivity contribution in [2.24, 2.45) is 0 Å². The highest BCUT2D eigenvalue weighted by atomic mass is 32.1. The maximum absolute atomic E-state index is 11.1. The lowest BCUT2D eigenvalue weighted by molar-refractivity contribution is 0.0683. The van der Waals surface area contributed by atoms with Gasteiger partial charge in [-0.15, -0.1) is 11.3 Å². The Morgan fingerprint density at radius 3 is 2.88 bits per heavy atom. The van der Waals surface area contributed by atoms with Gasteiger partial charge in [0.1, 0.15) is 5.69 Å². The van der Waals surface area contributed by atoms with Crippen LogP contribution in [0.1, 0.15) is 34.8 Å². The molecular weight excluding hydrogens is 222 g/mol. The van der Waals surface area contributed by atoms with Crippen molar-refractivity contribution >= 4 is 17.3 Å². The second-order valence-corrected chi connectivity index (χ2v) is 4.52. The summed E-state index contributed by atoms with van der Waals surface area (Å²) in [6.45, 7) is 2.07. The van der Waals surface area contributed by atoms with Crippen molar-refractivity contribution in [3.8, 4) is 0 Å². The molecule has 0 spiro atoms. The van der Waals surface area contributed by atoms with Gasteiger partial charge in [-0.2, -0.15) is 0 Å². The monoisotopic (exact) mass is 235 g/mol. The van der Waals surface area contributed by atoms with Crippen LogP contribution in [0.15, 0.2) is 35.8 Å². The minimum absolute atomic E-state index is 0.126. The van der Waals surface area contributed by atoms with Crippen molar-refractivity contribution in [3.05, 3.63) is 46.4 Å². The molecule has 2 aromatic rings. The maximum Gasteiger partial charge on any atom is 0.352 e. The molecule has 2 rings (SSSR count). The molecule has 84 valence electrons. The summed E-state index contributed by atoms with van der Waals surface area (Å²) in [5.41, 5.74) is 0.347. The summed E-state index contributed by atoms with van der Waals surface area (Å²) < 4.78 is 1.83. The largest absolute Gasteiger partial charge is 0.477 e. The van der Waals surface area contributed by atoms with Crippen molar-refractivity contribution in [1.29, 1.82) is 0 Å². The third-order valence-corrected chi connectivity index (χ3v) is 3.57. The Labute approximate surface area is 98.0 Å². The van der Waals surface area contributed by atoms with Gasteiger partial charge < -0.3 is 9.67 Å². The smallest absolute Gasteiger partial charge is 0.352 e. The van der Waals surface area contributed by atoms with Crippen LogP contribution in [0.2, 0.25) is 0 Å². The highest BCUT2D eigenvalue weighted by Crippen LogP contribution is 2.27. The number of rotatable bonds is 4. The molecule has 0 radical (unpaired) electrons. The van der Waals surface area contributed by atoms with E-state index in [9.17, 15) is 4.79 Å². The molecule has 0 aromatic carbocycles. The van der Waals surface area contributed by atoms with Crippen molar-refractivity contribution in [2.75, 3.05) is 0 Å². The maximum atomic E-state index is 11.1. The Balaban J connectivity index is 2.41. The molecule has 0 saturated heterocycles. The zero-order valence-electron chi connectivity index (χ0n) is 8.96. The fraction of sp³-hybridized carbons (Fsp3) is 0.250. The molecule has 16 heavy (non-hydrogen) atoms. The molecule has 0 aliphatic heterocycles. The van der Waals surface area contributed by atoms with Crippen LogP contribution in [0.25, 0.3) is 0 Å². The van der Waals surface area contributed by atoms with Crippen molar-refractivity contribution < 1.29 is 9.90 Å². The molecule has 0 fully saturated rings. The van der Waals surface area contributed by atoms with Crippen LogP contribution in [0, 0.1) is 0 Å². The minimum atomic E-state index is -0.875. The number of carboxylic acids is 1. The highest BCUT2D eigenvalue weighted by molar-refractivity contribution is 7.10. The fourth-order valence-electron chi connectivity index (χ4n) is 1.86.